The first-order valence-electron chi connectivity index (χ1n) is 9.43. The van der Waals surface area contributed by atoms with E-state index in [-0.39, 0.29) is 22.6 Å². The number of Topliss-reactive ketones (excluding diaryl/α,β-unsaturated/α-hetero) is 1. The first-order chi connectivity index (χ1) is 11.2. The van der Waals surface area contributed by atoms with Gasteiger partial charge in [-0.1, -0.05) is 0 Å². The minimum atomic E-state index is -0.405. The summed E-state index contributed by atoms with van der Waals surface area (Å²) in [4.78, 5) is 25.6. The monoisotopic (exact) mass is 331 g/mol. The highest BCUT2D eigenvalue weighted by Gasteiger charge is 2.55. The molecular formula is C19H29N3O2. The Bertz CT molecular complexity index is 567. The highest BCUT2D eigenvalue weighted by atomic mass is 16.2. The van der Waals surface area contributed by atoms with Crippen molar-refractivity contribution in [2.45, 2.75) is 77.3 Å². The molecule has 5 heteroatoms. The molecule has 0 radical (unpaired) electrons. The molecule has 4 fully saturated rings. The first kappa shape index (κ1) is 16.1. The van der Waals surface area contributed by atoms with Crippen LogP contribution >= 0.6 is 0 Å². The average Bonchev–Trinajstić information content (AvgIpc) is 2.93. The van der Waals surface area contributed by atoms with Crippen LogP contribution in [-0.4, -0.2) is 29.0 Å². The van der Waals surface area contributed by atoms with E-state index in [1.165, 1.54) is 19.3 Å². The lowest BCUT2D eigenvalue weighted by Crippen LogP contribution is -2.52. The van der Waals surface area contributed by atoms with Crippen molar-refractivity contribution in [2.75, 3.05) is 0 Å². The molecule has 0 aromatic carbocycles. The Balaban J connectivity index is 1.44. The lowest BCUT2D eigenvalue weighted by molar-refractivity contribution is -0.136. The minimum Gasteiger partial charge on any atom is -0.350 e. The van der Waals surface area contributed by atoms with E-state index in [2.05, 4.69) is 15.8 Å². The Morgan fingerprint density at radius 2 is 1.62 bits per heavy atom. The van der Waals surface area contributed by atoms with E-state index in [9.17, 15) is 9.59 Å². The minimum absolute atomic E-state index is 0.0698. The van der Waals surface area contributed by atoms with Crippen LogP contribution < -0.4 is 10.7 Å². The molecule has 1 unspecified atom stereocenters. The Morgan fingerprint density at radius 3 is 2.12 bits per heavy atom. The summed E-state index contributed by atoms with van der Waals surface area (Å²) in [6.45, 7) is 5.88. The van der Waals surface area contributed by atoms with Crippen LogP contribution in [0.5, 0.6) is 0 Å². The summed E-state index contributed by atoms with van der Waals surface area (Å²) in [7, 11) is 0. The van der Waals surface area contributed by atoms with Crippen molar-refractivity contribution < 1.29 is 9.59 Å². The summed E-state index contributed by atoms with van der Waals surface area (Å²) < 4.78 is 0. The molecule has 2 N–H and O–H groups in total. The molecule has 5 nitrogen and oxygen atoms in total. The number of hydrogen-bond donors (Lipinski definition) is 2. The maximum Gasteiger partial charge on any atom is 0.244 e. The molecule has 0 aromatic rings. The maximum absolute atomic E-state index is 13.2. The van der Waals surface area contributed by atoms with E-state index in [1.54, 1.807) is 0 Å². The predicted octanol–water partition coefficient (Wildman–Crippen LogP) is 2.40. The second kappa shape index (κ2) is 5.30. The third-order valence-electron chi connectivity index (χ3n) is 6.35. The lowest BCUT2D eigenvalue weighted by Gasteiger charge is -2.55. The number of nitrogens with zero attached hydrogens (tertiary/aromatic N) is 1. The topological polar surface area (TPSA) is 70.6 Å². The van der Waals surface area contributed by atoms with Crippen molar-refractivity contribution in [1.29, 1.82) is 0 Å². The van der Waals surface area contributed by atoms with Crippen LogP contribution in [0.15, 0.2) is 5.10 Å². The Labute approximate surface area is 144 Å². The molecule has 1 amide bonds. The largest absolute Gasteiger partial charge is 0.350 e. The van der Waals surface area contributed by atoms with Gasteiger partial charge in [-0.05, 0) is 77.0 Å². The number of rotatable bonds is 3. The standard InChI is InChI=1S/C19H29N3O2/c1-18(2,3)20-17(24)15-7-14(21-22-15)16(23)19-8-11-4-12(9-19)6-13(5-11)10-19/h11-13,15,22H,4-10H2,1-3H3,(H,20,24). The third kappa shape index (κ3) is 2.76. The fourth-order valence-corrected chi connectivity index (χ4v) is 5.89. The molecule has 24 heavy (non-hydrogen) atoms. The van der Waals surface area contributed by atoms with E-state index in [4.69, 9.17) is 0 Å². The molecule has 0 saturated heterocycles. The normalized spacial score (nSPS) is 40.2. The maximum atomic E-state index is 13.2. The summed E-state index contributed by atoms with van der Waals surface area (Å²) >= 11 is 0. The van der Waals surface area contributed by atoms with E-state index in [0.29, 0.717) is 12.1 Å². The van der Waals surface area contributed by atoms with E-state index >= 15 is 0 Å². The molecule has 4 saturated carbocycles. The van der Waals surface area contributed by atoms with Gasteiger partial charge in [0, 0.05) is 17.4 Å². The fraction of sp³-hybridized carbons (Fsp3) is 0.842. The summed E-state index contributed by atoms with van der Waals surface area (Å²) in [6.07, 6.45) is 7.57. The second-order valence-electron chi connectivity index (χ2n) is 9.71. The number of amides is 1. The second-order valence-corrected chi connectivity index (χ2v) is 9.71. The molecule has 5 rings (SSSR count). The molecule has 4 bridgehead atoms. The smallest absolute Gasteiger partial charge is 0.244 e. The highest BCUT2D eigenvalue weighted by molar-refractivity contribution is 6.42. The Hall–Kier alpha value is -1.39. The van der Waals surface area contributed by atoms with Gasteiger partial charge in [0.2, 0.25) is 5.91 Å². The van der Waals surface area contributed by atoms with Crippen molar-refractivity contribution >= 4 is 17.4 Å². The van der Waals surface area contributed by atoms with Crippen LogP contribution in [0.1, 0.15) is 65.7 Å². The van der Waals surface area contributed by atoms with Crippen molar-refractivity contribution in [1.82, 2.24) is 10.7 Å². The van der Waals surface area contributed by atoms with Crippen LogP contribution in [0.25, 0.3) is 0 Å². The average molecular weight is 331 g/mol. The molecule has 132 valence electrons. The number of hydrogen-bond acceptors (Lipinski definition) is 4. The van der Waals surface area contributed by atoms with E-state index in [1.807, 2.05) is 20.8 Å². The zero-order valence-electron chi connectivity index (χ0n) is 15.0. The highest BCUT2D eigenvalue weighted by Crippen LogP contribution is 2.60. The Kier molecular flexibility index (Phi) is 3.56. The number of nitrogens with one attached hydrogen (secondary N) is 2. The first-order valence-corrected chi connectivity index (χ1v) is 9.43. The quantitative estimate of drug-likeness (QED) is 0.834. The van der Waals surface area contributed by atoms with Gasteiger partial charge in [0.25, 0.3) is 0 Å². The molecular weight excluding hydrogens is 302 g/mol. The molecule has 0 aromatic heterocycles. The lowest BCUT2D eigenvalue weighted by atomic mass is 9.48. The fourth-order valence-electron chi connectivity index (χ4n) is 5.89. The van der Waals surface area contributed by atoms with Crippen LogP contribution in [0.3, 0.4) is 0 Å². The number of carbonyl (C=O) groups is 2. The molecule has 5 aliphatic rings. The number of carbonyl (C=O) groups excluding carboxylic acids is 2. The molecule has 4 aliphatic carbocycles. The van der Waals surface area contributed by atoms with Crippen LogP contribution in [-0.2, 0) is 9.59 Å². The SMILES string of the molecule is CC(C)(C)NC(=O)C1CC(C(=O)C23CC4CC(CC(C4)C2)C3)=NN1. The van der Waals surface area contributed by atoms with Crippen molar-refractivity contribution in [2.24, 2.45) is 28.3 Å². The number of ketones is 1. The van der Waals surface area contributed by atoms with Gasteiger partial charge in [-0.2, -0.15) is 5.10 Å². The summed E-state index contributed by atoms with van der Waals surface area (Å²) in [5, 5.41) is 7.25. The van der Waals surface area contributed by atoms with Crippen LogP contribution in [0.4, 0.5) is 0 Å². The van der Waals surface area contributed by atoms with Crippen molar-refractivity contribution in [3.8, 4) is 0 Å². The van der Waals surface area contributed by atoms with Gasteiger partial charge in [-0.15, -0.1) is 0 Å². The van der Waals surface area contributed by atoms with Gasteiger partial charge >= 0.3 is 0 Å². The van der Waals surface area contributed by atoms with Gasteiger partial charge in [0.05, 0.1) is 0 Å². The van der Waals surface area contributed by atoms with E-state index in [0.717, 1.165) is 37.0 Å². The Morgan fingerprint density at radius 1 is 1.08 bits per heavy atom. The molecule has 0 spiro atoms. The van der Waals surface area contributed by atoms with Gasteiger partial charge in [-0.3, -0.25) is 15.0 Å². The zero-order valence-corrected chi connectivity index (χ0v) is 15.0. The van der Waals surface area contributed by atoms with E-state index < -0.39 is 6.04 Å². The molecule has 1 aliphatic heterocycles. The van der Waals surface area contributed by atoms with Crippen LogP contribution in [0, 0.1) is 23.2 Å². The predicted molar refractivity (Wildman–Crippen MR) is 92.5 cm³/mol. The van der Waals surface area contributed by atoms with Gasteiger partial charge in [0.15, 0.2) is 5.78 Å². The van der Waals surface area contributed by atoms with Gasteiger partial charge in [0.1, 0.15) is 11.8 Å². The number of hydrazone groups is 1. The third-order valence-corrected chi connectivity index (χ3v) is 6.35. The molecule has 1 heterocycles. The van der Waals surface area contributed by atoms with Crippen LogP contribution in [0.2, 0.25) is 0 Å². The summed E-state index contributed by atoms with van der Waals surface area (Å²) in [6, 6.07) is -0.405. The molecule has 1 atom stereocenters. The summed E-state index contributed by atoms with van der Waals surface area (Å²) in [5.74, 6) is 2.40. The van der Waals surface area contributed by atoms with Gasteiger partial charge < -0.3 is 5.32 Å². The summed E-state index contributed by atoms with van der Waals surface area (Å²) in [5.41, 5.74) is 3.07. The van der Waals surface area contributed by atoms with Crippen molar-refractivity contribution in [3.63, 3.8) is 0 Å². The van der Waals surface area contributed by atoms with Gasteiger partial charge in [-0.25, -0.2) is 0 Å². The zero-order chi connectivity index (χ0) is 17.1. The van der Waals surface area contributed by atoms with Crippen molar-refractivity contribution in [3.05, 3.63) is 0 Å².